The third kappa shape index (κ3) is 4.27. The molecule has 0 radical (unpaired) electrons. The molecule has 2 N–H and O–H groups in total. The fraction of sp³-hybridized carbons (Fsp3) is 0.188. The number of carbonyl (C=O) groups is 1. The second kappa shape index (κ2) is 6.83. The van der Waals surface area contributed by atoms with E-state index in [9.17, 15) is 13.6 Å². The molecule has 0 saturated carbocycles. The van der Waals surface area contributed by atoms with Gasteiger partial charge in [0.1, 0.15) is 11.6 Å². The number of hydrogen-bond acceptors (Lipinski definition) is 1. The third-order valence-electron chi connectivity index (χ3n) is 3.07. The summed E-state index contributed by atoms with van der Waals surface area (Å²) >= 11 is 0. The molecule has 0 heterocycles. The van der Waals surface area contributed by atoms with Crippen molar-refractivity contribution in [2.45, 2.75) is 13.3 Å². The lowest BCUT2D eigenvalue weighted by molar-refractivity contribution is 0.252. The van der Waals surface area contributed by atoms with Gasteiger partial charge in [0.2, 0.25) is 0 Å². The Bertz CT molecular complexity index is 644. The van der Waals surface area contributed by atoms with Crippen LogP contribution < -0.4 is 10.6 Å². The maximum Gasteiger partial charge on any atom is 0.319 e. The Balaban J connectivity index is 1.84. The molecule has 110 valence electrons. The summed E-state index contributed by atoms with van der Waals surface area (Å²) in [5.74, 6) is -0.632. The number of halogens is 2. The summed E-state index contributed by atoms with van der Waals surface area (Å²) in [7, 11) is 0. The summed E-state index contributed by atoms with van der Waals surface area (Å²) in [6.07, 6.45) is 0.405. The van der Waals surface area contributed by atoms with Gasteiger partial charge >= 0.3 is 6.03 Å². The van der Waals surface area contributed by atoms with Gasteiger partial charge in [0.15, 0.2) is 0 Å². The van der Waals surface area contributed by atoms with Crippen molar-refractivity contribution in [3.8, 4) is 0 Å². The smallest absolute Gasteiger partial charge is 0.319 e. The highest BCUT2D eigenvalue weighted by Crippen LogP contribution is 2.15. The summed E-state index contributed by atoms with van der Waals surface area (Å²) < 4.78 is 26.3. The van der Waals surface area contributed by atoms with Crippen molar-refractivity contribution < 1.29 is 13.6 Å². The van der Waals surface area contributed by atoms with E-state index in [1.54, 1.807) is 25.1 Å². The second-order valence-electron chi connectivity index (χ2n) is 4.68. The van der Waals surface area contributed by atoms with E-state index in [2.05, 4.69) is 10.6 Å². The Labute approximate surface area is 122 Å². The Morgan fingerprint density at radius 1 is 1.14 bits per heavy atom. The van der Waals surface area contributed by atoms with Crippen LogP contribution in [-0.4, -0.2) is 12.6 Å². The molecule has 0 saturated heterocycles. The molecule has 21 heavy (non-hydrogen) atoms. The fourth-order valence-corrected chi connectivity index (χ4v) is 1.95. The molecular weight excluding hydrogens is 274 g/mol. The first-order valence-corrected chi connectivity index (χ1v) is 6.60. The lowest BCUT2D eigenvalue weighted by atomic mass is 10.1. The minimum atomic E-state index is -0.402. The first-order chi connectivity index (χ1) is 10.1. The van der Waals surface area contributed by atoms with Crippen LogP contribution in [0.4, 0.5) is 19.3 Å². The minimum Gasteiger partial charge on any atom is -0.338 e. The molecule has 0 aliphatic carbocycles. The third-order valence-corrected chi connectivity index (χ3v) is 3.07. The van der Waals surface area contributed by atoms with Crippen molar-refractivity contribution in [1.82, 2.24) is 5.32 Å². The number of amides is 2. The predicted octanol–water partition coefficient (Wildman–Crippen LogP) is 3.64. The largest absolute Gasteiger partial charge is 0.338 e. The Hall–Kier alpha value is -2.43. The van der Waals surface area contributed by atoms with Crippen LogP contribution in [-0.2, 0) is 6.42 Å². The van der Waals surface area contributed by atoms with Gasteiger partial charge in [0.25, 0.3) is 0 Å². The highest BCUT2D eigenvalue weighted by molar-refractivity contribution is 5.90. The van der Waals surface area contributed by atoms with E-state index in [1.807, 2.05) is 0 Å². The Kier molecular flexibility index (Phi) is 4.87. The van der Waals surface area contributed by atoms with Gasteiger partial charge in [0, 0.05) is 12.2 Å². The van der Waals surface area contributed by atoms with Gasteiger partial charge < -0.3 is 10.6 Å². The van der Waals surface area contributed by atoms with Crippen LogP contribution in [0.2, 0.25) is 0 Å². The molecule has 0 aliphatic heterocycles. The standard InChI is InChI=1S/C16H16F2N2O/c1-11-10-13(17)6-7-15(11)20-16(21)19-9-8-12-4-2-3-5-14(12)18/h2-7,10H,8-9H2,1H3,(H2,19,20,21). The Morgan fingerprint density at radius 3 is 2.62 bits per heavy atom. The van der Waals surface area contributed by atoms with Crippen molar-refractivity contribution in [2.24, 2.45) is 0 Å². The van der Waals surface area contributed by atoms with Crippen LogP contribution in [0.1, 0.15) is 11.1 Å². The molecule has 0 unspecified atom stereocenters. The lowest BCUT2D eigenvalue weighted by Crippen LogP contribution is -2.30. The van der Waals surface area contributed by atoms with Gasteiger partial charge in [0.05, 0.1) is 0 Å². The monoisotopic (exact) mass is 290 g/mol. The molecule has 0 bridgehead atoms. The molecule has 5 heteroatoms. The van der Waals surface area contributed by atoms with Crippen LogP contribution in [0.5, 0.6) is 0 Å². The molecule has 0 spiro atoms. The zero-order valence-electron chi connectivity index (χ0n) is 11.6. The molecular formula is C16H16F2N2O. The molecule has 0 aromatic heterocycles. The molecule has 2 aromatic carbocycles. The number of benzene rings is 2. The minimum absolute atomic E-state index is 0.283. The van der Waals surface area contributed by atoms with E-state index in [0.717, 1.165) is 0 Å². The number of urea groups is 1. The van der Waals surface area contributed by atoms with Crippen LogP contribution in [0.15, 0.2) is 42.5 Å². The summed E-state index contributed by atoms with van der Waals surface area (Å²) in [5.41, 5.74) is 1.73. The number of nitrogens with one attached hydrogen (secondary N) is 2. The Morgan fingerprint density at radius 2 is 1.90 bits per heavy atom. The quantitative estimate of drug-likeness (QED) is 0.887. The second-order valence-corrected chi connectivity index (χ2v) is 4.68. The van der Waals surface area contributed by atoms with E-state index in [-0.39, 0.29) is 11.6 Å². The summed E-state index contributed by atoms with van der Waals surface area (Å²) in [6, 6.07) is 10.2. The van der Waals surface area contributed by atoms with Crippen LogP contribution in [0, 0.1) is 18.6 Å². The molecule has 2 aromatic rings. The SMILES string of the molecule is Cc1cc(F)ccc1NC(=O)NCCc1ccccc1F. The summed E-state index contributed by atoms with van der Waals surface area (Å²) in [5, 5.41) is 5.27. The molecule has 0 atom stereocenters. The normalized spacial score (nSPS) is 10.2. The zero-order chi connectivity index (χ0) is 15.2. The van der Waals surface area contributed by atoms with Crippen molar-refractivity contribution in [2.75, 3.05) is 11.9 Å². The van der Waals surface area contributed by atoms with Gasteiger partial charge in [-0.05, 0) is 48.7 Å². The van der Waals surface area contributed by atoms with Gasteiger partial charge in [-0.3, -0.25) is 0 Å². The summed E-state index contributed by atoms with van der Waals surface area (Å²) in [4.78, 5) is 11.7. The van der Waals surface area contributed by atoms with E-state index >= 15 is 0 Å². The first-order valence-electron chi connectivity index (χ1n) is 6.60. The van der Waals surface area contributed by atoms with E-state index < -0.39 is 6.03 Å². The number of aryl methyl sites for hydroxylation is 1. The highest BCUT2D eigenvalue weighted by atomic mass is 19.1. The molecule has 2 rings (SSSR count). The fourth-order valence-electron chi connectivity index (χ4n) is 1.95. The van der Waals surface area contributed by atoms with Crippen LogP contribution in [0.25, 0.3) is 0 Å². The van der Waals surface area contributed by atoms with E-state index in [4.69, 9.17) is 0 Å². The topological polar surface area (TPSA) is 41.1 Å². The lowest BCUT2D eigenvalue weighted by Gasteiger charge is -2.10. The van der Waals surface area contributed by atoms with Crippen molar-refractivity contribution >= 4 is 11.7 Å². The molecule has 0 aliphatic rings. The van der Waals surface area contributed by atoms with Crippen molar-refractivity contribution in [1.29, 1.82) is 0 Å². The molecule has 2 amide bonds. The maximum absolute atomic E-state index is 13.4. The van der Waals surface area contributed by atoms with E-state index in [0.29, 0.717) is 29.8 Å². The van der Waals surface area contributed by atoms with Crippen molar-refractivity contribution in [3.63, 3.8) is 0 Å². The van der Waals surface area contributed by atoms with Crippen LogP contribution in [0.3, 0.4) is 0 Å². The van der Waals surface area contributed by atoms with Crippen molar-refractivity contribution in [3.05, 3.63) is 65.2 Å². The molecule has 3 nitrogen and oxygen atoms in total. The van der Waals surface area contributed by atoms with Gasteiger partial charge in [-0.2, -0.15) is 0 Å². The van der Waals surface area contributed by atoms with Gasteiger partial charge in [-0.15, -0.1) is 0 Å². The highest BCUT2D eigenvalue weighted by Gasteiger charge is 2.06. The average molecular weight is 290 g/mol. The maximum atomic E-state index is 13.4. The summed E-state index contributed by atoms with van der Waals surface area (Å²) in [6.45, 7) is 2.02. The first kappa shape index (κ1) is 15.0. The number of anilines is 1. The average Bonchev–Trinajstić information content (AvgIpc) is 2.44. The predicted molar refractivity (Wildman–Crippen MR) is 78.3 cm³/mol. The van der Waals surface area contributed by atoms with Crippen LogP contribution >= 0.6 is 0 Å². The zero-order valence-corrected chi connectivity index (χ0v) is 11.6. The number of carbonyl (C=O) groups excluding carboxylic acids is 1. The van der Waals surface area contributed by atoms with Gasteiger partial charge in [-0.25, -0.2) is 13.6 Å². The number of hydrogen-bond donors (Lipinski definition) is 2. The molecule has 0 fully saturated rings. The van der Waals surface area contributed by atoms with E-state index in [1.165, 1.54) is 24.3 Å². The number of rotatable bonds is 4. The van der Waals surface area contributed by atoms with Gasteiger partial charge in [-0.1, -0.05) is 18.2 Å².